The number of fused-ring (bicyclic) bond motifs is 1. The number of nitrogens with zero attached hydrogens (tertiary/aromatic N) is 2. The predicted octanol–water partition coefficient (Wildman–Crippen LogP) is 6.27. The number of hydrogen-bond donors (Lipinski definition) is 0. The quantitative estimate of drug-likeness (QED) is 0.328. The summed E-state index contributed by atoms with van der Waals surface area (Å²) in [5, 5.41) is 1.54. The zero-order chi connectivity index (χ0) is 23.9. The van der Waals surface area contributed by atoms with Crippen molar-refractivity contribution in [1.82, 2.24) is 8.87 Å². The second-order valence-electron chi connectivity index (χ2n) is 8.49. The Labute approximate surface area is 203 Å². The molecular formula is C27H24ClFN2O2S. The lowest BCUT2D eigenvalue weighted by molar-refractivity contribution is 0.441. The number of rotatable bonds is 5. The van der Waals surface area contributed by atoms with Gasteiger partial charge in [-0.25, -0.2) is 12.8 Å². The normalized spacial score (nSPS) is 15.0. The zero-order valence-electron chi connectivity index (χ0n) is 18.7. The Morgan fingerprint density at radius 1 is 1.00 bits per heavy atom. The summed E-state index contributed by atoms with van der Waals surface area (Å²) >= 11 is 6.02. The van der Waals surface area contributed by atoms with Crippen molar-refractivity contribution in [3.8, 4) is 0 Å². The van der Waals surface area contributed by atoms with Gasteiger partial charge in [-0.1, -0.05) is 54.1 Å². The van der Waals surface area contributed by atoms with Crippen LogP contribution in [0.4, 0.5) is 4.39 Å². The van der Waals surface area contributed by atoms with Crippen LogP contribution in [0.1, 0.15) is 23.2 Å². The van der Waals surface area contributed by atoms with E-state index in [1.807, 2.05) is 30.3 Å². The minimum Gasteiger partial charge on any atom is -0.340 e. The average Bonchev–Trinajstić information content (AvgIpc) is 3.12. The van der Waals surface area contributed by atoms with Crippen molar-refractivity contribution in [2.45, 2.75) is 24.8 Å². The summed E-state index contributed by atoms with van der Waals surface area (Å²) in [7, 11) is -3.61. The molecule has 0 radical (unpaired) electrons. The first kappa shape index (κ1) is 22.8. The fourth-order valence-corrected chi connectivity index (χ4v) is 6.37. The van der Waals surface area contributed by atoms with Crippen molar-refractivity contribution in [3.05, 3.63) is 107 Å². The van der Waals surface area contributed by atoms with Crippen molar-refractivity contribution >= 4 is 38.1 Å². The van der Waals surface area contributed by atoms with Gasteiger partial charge in [0.15, 0.2) is 0 Å². The highest BCUT2D eigenvalue weighted by Crippen LogP contribution is 2.36. The lowest BCUT2D eigenvalue weighted by atomic mass is 9.97. The highest BCUT2D eigenvalue weighted by atomic mass is 35.5. The summed E-state index contributed by atoms with van der Waals surface area (Å²) in [6, 6.07) is 21.2. The number of benzene rings is 3. The SMILES string of the molecule is Cc1c(C2=CCN(S(=O)(=O)c3cccc(Cl)c3)CC2)c2ccccc2n1Cc1ccc(F)cc1. The van der Waals surface area contributed by atoms with Crippen LogP contribution in [0.2, 0.25) is 5.02 Å². The Bertz CT molecular complexity index is 1510. The average molecular weight is 495 g/mol. The minimum absolute atomic E-state index is 0.212. The molecule has 0 fully saturated rings. The molecule has 3 aromatic carbocycles. The fourth-order valence-electron chi connectivity index (χ4n) is 4.68. The van der Waals surface area contributed by atoms with Gasteiger partial charge >= 0.3 is 0 Å². The molecule has 0 N–H and O–H groups in total. The molecule has 2 heterocycles. The van der Waals surface area contributed by atoms with Crippen molar-refractivity contribution in [2.75, 3.05) is 13.1 Å². The molecule has 4 aromatic rings. The second kappa shape index (κ2) is 9.02. The van der Waals surface area contributed by atoms with E-state index < -0.39 is 10.0 Å². The molecule has 5 rings (SSSR count). The topological polar surface area (TPSA) is 42.3 Å². The van der Waals surface area contributed by atoms with Gasteiger partial charge in [0.2, 0.25) is 10.0 Å². The van der Waals surface area contributed by atoms with Gasteiger partial charge in [0.05, 0.1) is 4.90 Å². The van der Waals surface area contributed by atoms with Crippen molar-refractivity contribution in [1.29, 1.82) is 0 Å². The van der Waals surface area contributed by atoms with Crippen LogP contribution in [0.15, 0.2) is 83.8 Å². The van der Waals surface area contributed by atoms with Crippen LogP contribution in [-0.4, -0.2) is 30.4 Å². The fraction of sp³-hybridized carbons (Fsp3) is 0.185. The van der Waals surface area contributed by atoms with E-state index in [0.717, 1.165) is 33.3 Å². The third-order valence-electron chi connectivity index (χ3n) is 6.41. The van der Waals surface area contributed by atoms with E-state index in [1.54, 1.807) is 18.2 Å². The molecule has 0 unspecified atom stereocenters. The maximum atomic E-state index is 13.4. The monoisotopic (exact) mass is 494 g/mol. The summed E-state index contributed by atoms with van der Waals surface area (Å²) in [4.78, 5) is 0.212. The van der Waals surface area contributed by atoms with Gasteiger partial charge in [-0.05, 0) is 60.9 Å². The standard InChI is InChI=1S/C27H24ClFN2O2S/c1-19-27(21-13-15-30(16-14-21)34(32,33)24-6-4-5-22(28)17-24)25-7-2-3-8-26(25)31(19)18-20-9-11-23(29)12-10-20/h2-13,17H,14-16,18H2,1H3. The van der Waals surface area contributed by atoms with Crippen LogP contribution in [0.5, 0.6) is 0 Å². The first-order chi connectivity index (χ1) is 16.3. The summed E-state index contributed by atoms with van der Waals surface area (Å²) in [6.45, 7) is 3.43. The number of para-hydroxylation sites is 1. The minimum atomic E-state index is -3.61. The molecule has 0 spiro atoms. The Balaban J connectivity index is 1.49. The van der Waals surface area contributed by atoms with E-state index in [2.05, 4.69) is 23.6 Å². The molecule has 34 heavy (non-hydrogen) atoms. The van der Waals surface area contributed by atoms with Gasteiger partial charge in [-0.2, -0.15) is 4.31 Å². The van der Waals surface area contributed by atoms with Crippen molar-refractivity contribution in [3.63, 3.8) is 0 Å². The molecule has 4 nitrogen and oxygen atoms in total. The molecule has 1 aliphatic rings. The molecule has 0 amide bonds. The van der Waals surface area contributed by atoms with Crippen LogP contribution in [0.25, 0.3) is 16.5 Å². The molecule has 1 aromatic heterocycles. The van der Waals surface area contributed by atoms with Gasteiger partial charge in [-0.3, -0.25) is 0 Å². The highest BCUT2D eigenvalue weighted by molar-refractivity contribution is 7.89. The molecule has 7 heteroatoms. The molecule has 1 aliphatic heterocycles. The van der Waals surface area contributed by atoms with Crippen molar-refractivity contribution in [2.24, 2.45) is 0 Å². The smallest absolute Gasteiger partial charge is 0.243 e. The van der Waals surface area contributed by atoms with Gasteiger partial charge < -0.3 is 4.57 Å². The molecular weight excluding hydrogens is 471 g/mol. The van der Waals surface area contributed by atoms with Crippen LogP contribution < -0.4 is 0 Å². The predicted molar refractivity (Wildman–Crippen MR) is 135 cm³/mol. The summed E-state index contributed by atoms with van der Waals surface area (Å²) in [5.41, 5.74) is 5.53. The van der Waals surface area contributed by atoms with Crippen LogP contribution in [0, 0.1) is 12.7 Å². The van der Waals surface area contributed by atoms with E-state index in [1.165, 1.54) is 22.5 Å². The first-order valence-corrected chi connectivity index (χ1v) is 12.9. The molecule has 0 saturated carbocycles. The lowest BCUT2D eigenvalue weighted by Gasteiger charge is -2.26. The lowest BCUT2D eigenvalue weighted by Crippen LogP contribution is -2.34. The molecule has 0 atom stereocenters. The molecule has 0 aliphatic carbocycles. The van der Waals surface area contributed by atoms with Gasteiger partial charge in [0.25, 0.3) is 0 Å². The first-order valence-electron chi connectivity index (χ1n) is 11.1. The van der Waals surface area contributed by atoms with E-state index >= 15 is 0 Å². The van der Waals surface area contributed by atoms with Crippen LogP contribution >= 0.6 is 11.6 Å². The largest absolute Gasteiger partial charge is 0.340 e. The summed E-state index contributed by atoms with van der Waals surface area (Å²) in [5.74, 6) is -0.247. The molecule has 0 bridgehead atoms. The van der Waals surface area contributed by atoms with Gasteiger partial charge in [0.1, 0.15) is 5.82 Å². The Kier molecular flexibility index (Phi) is 6.06. The van der Waals surface area contributed by atoms with Crippen LogP contribution in [0.3, 0.4) is 0 Å². The van der Waals surface area contributed by atoms with Gasteiger partial charge in [-0.15, -0.1) is 0 Å². The van der Waals surface area contributed by atoms with E-state index in [0.29, 0.717) is 31.1 Å². The number of sulfonamides is 1. The highest BCUT2D eigenvalue weighted by Gasteiger charge is 2.28. The number of hydrogen-bond acceptors (Lipinski definition) is 2. The van der Waals surface area contributed by atoms with Crippen molar-refractivity contribution < 1.29 is 12.8 Å². The number of halogens is 2. The Hall–Kier alpha value is -2.93. The summed E-state index contributed by atoms with van der Waals surface area (Å²) < 4.78 is 43.3. The third kappa shape index (κ3) is 4.17. The van der Waals surface area contributed by atoms with E-state index in [-0.39, 0.29) is 10.7 Å². The van der Waals surface area contributed by atoms with Crippen LogP contribution in [-0.2, 0) is 16.6 Å². The Morgan fingerprint density at radius 2 is 1.76 bits per heavy atom. The third-order valence-corrected chi connectivity index (χ3v) is 8.51. The van der Waals surface area contributed by atoms with Gasteiger partial charge in [0, 0.05) is 46.8 Å². The van der Waals surface area contributed by atoms with E-state index in [9.17, 15) is 12.8 Å². The second-order valence-corrected chi connectivity index (χ2v) is 10.9. The van der Waals surface area contributed by atoms with E-state index in [4.69, 9.17) is 11.6 Å². The number of aromatic nitrogens is 1. The zero-order valence-corrected chi connectivity index (χ0v) is 20.3. The Morgan fingerprint density at radius 3 is 2.47 bits per heavy atom. The summed E-state index contributed by atoms with van der Waals surface area (Å²) in [6.07, 6.45) is 2.63. The maximum Gasteiger partial charge on any atom is 0.243 e. The maximum absolute atomic E-state index is 13.4. The molecule has 0 saturated heterocycles. The molecule has 174 valence electrons.